The highest BCUT2D eigenvalue weighted by atomic mass is 32.2. The average molecular weight is 279 g/mol. The first-order valence-corrected chi connectivity index (χ1v) is 6.30. The number of hydrogen-bond acceptors (Lipinski definition) is 1. The van der Waals surface area contributed by atoms with E-state index in [4.69, 9.17) is 0 Å². The second-order valence-corrected chi connectivity index (χ2v) is 5.52. The van der Waals surface area contributed by atoms with E-state index in [1.165, 1.54) is 0 Å². The second-order valence-electron chi connectivity index (χ2n) is 4.00. The van der Waals surface area contributed by atoms with Gasteiger partial charge in [-0.05, 0) is 12.8 Å². The molecule has 0 aromatic carbocycles. The molecule has 0 aliphatic carbocycles. The molecule has 0 spiro atoms. The van der Waals surface area contributed by atoms with Crippen LogP contribution in [0.15, 0.2) is 0 Å². The summed E-state index contributed by atoms with van der Waals surface area (Å²) in [5, 5.41) is -4.49. The van der Waals surface area contributed by atoms with E-state index >= 15 is 0 Å². The minimum atomic E-state index is -4.49. The zero-order valence-corrected chi connectivity index (χ0v) is 10.3. The van der Waals surface area contributed by atoms with E-state index in [1.54, 1.807) is 0 Å². The minimum absolute atomic E-state index is 0. The molecule has 104 valence electrons. The fourth-order valence-electron chi connectivity index (χ4n) is 1.52. The lowest BCUT2D eigenvalue weighted by atomic mass is 10.2. The largest absolute Gasteiger partial charge is 0.412 e. The van der Waals surface area contributed by atoms with Gasteiger partial charge in [-0.15, -0.1) is 0 Å². The molecule has 1 rings (SSSR count). The fourth-order valence-corrected chi connectivity index (χ4v) is 2.74. The van der Waals surface area contributed by atoms with Gasteiger partial charge in [-0.3, -0.25) is 0 Å². The molecule has 0 saturated carbocycles. The molecule has 1 saturated heterocycles. The molecule has 3 nitrogen and oxygen atoms in total. The quantitative estimate of drug-likeness (QED) is 0.728. The van der Waals surface area contributed by atoms with Crippen LogP contribution in [0.4, 0.5) is 17.6 Å². The zero-order chi connectivity index (χ0) is 12.4. The SMILES string of the molecule is CC(F)(F)C(F)(F)S(=O)N1CCCCCC1.O. The maximum atomic E-state index is 13.1. The van der Waals surface area contributed by atoms with E-state index in [1.807, 2.05) is 0 Å². The first-order valence-electron chi connectivity index (χ1n) is 5.19. The van der Waals surface area contributed by atoms with Crippen LogP contribution in [0.25, 0.3) is 0 Å². The first kappa shape index (κ1) is 16.8. The van der Waals surface area contributed by atoms with Crippen LogP contribution in [-0.4, -0.2) is 38.3 Å². The molecule has 0 aromatic rings. The van der Waals surface area contributed by atoms with Crippen molar-refractivity contribution in [3.05, 3.63) is 0 Å². The van der Waals surface area contributed by atoms with Crippen molar-refractivity contribution in [2.45, 2.75) is 43.8 Å². The average Bonchev–Trinajstić information content (AvgIpc) is 2.42. The predicted molar refractivity (Wildman–Crippen MR) is 57.4 cm³/mol. The molecular weight excluding hydrogens is 262 g/mol. The molecule has 0 radical (unpaired) electrons. The van der Waals surface area contributed by atoms with E-state index in [0.717, 1.165) is 17.1 Å². The molecule has 1 heterocycles. The number of nitrogens with zero attached hydrogens (tertiary/aromatic N) is 1. The molecule has 17 heavy (non-hydrogen) atoms. The van der Waals surface area contributed by atoms with Gasteiger partial charge in [0.2, 0.25) is 0 Å². The molecule has 8 heteroatoms. The van der Waals surface area contributed by atoms with Gasteiger partial charge in [0.25, 0.3) is 0 Å². The van der Waals surface area contributed by atoms with Crippen LogP contribution in [0.1, 0.15) is 32.6 Å². The summed E-state index contributed by atoms with van der Waals surface area (Å²) in [5.41, 5.74) is 0. The third kappa shape index (κ3) is 3.89. The molecule has 1 aliphatic rings. The van der Waals surface area contributed by atoms with Crippen molar-refractivity contribution >= 4 is 11.0 Å². The Morgan fingerprint density at radius 3 is 1.76 bits per heavy atom. The lowest BCUT2D eigenvalue weighted by molar-refractivity contribution is -0.142. The molecule has 2 N–H and O–H groups in total. The second kappa shape index (κ2) is 6.10. The maximum Gasteiger partial charge on any atom is 0.395 e. The third-order valence-electron chi connectivity index (χ3n) is 2.53. The summed E-state index contributed by atoms with van der Waals surface area (Å²) in [6.45, 7) is 0.485. The van der Waals surface area contributed by atoms with Crippen molar-refractivity contribution in [3.8, 4) is 0 Å². The predicted octanol–water partition coefficient (Wildman–Crippen LogP) is 1.95. The van der Waals surface area contributed by atoms with Crippen LogP contribution in [-0.2, 0) is 11.0 Å². The van der Waals surface area contributed by atoms with Crippen molar-refractivity contribution in [1.29, 1.82) is 0 Å². The van der Waals surface area contributed by atoms with Gasteiger partial charge in [-0.25, -0.2) is 8.51 Å². The standard InChI is InChI=1S/C9H15F4NOS.H2O/c1-8(10,11)9(12,13)16(15)14-6-4-2-3-5-7-14;/h2-7H2,1H3;1H2. The Hall–Kier alpha value is -0.210. The van der Waals surface area contributed by atoms with Crippen molar-refractivity contribution in [2.75, 3.05) is 13.1 Å². The van der Waals surface area contributed by atoms with Crippen molar-refractivity contribution in [3.63, 3.8) is 0 Å². The summed E-state index contributed by atoms with van der Waals surface area (Å²) in [6.07, 6.45) is 2.97. The van der Waals surface area contributed by atoms with Gasteiger partial charge >= 0.3 is 11.2 Å². The number of alkyl halides is 4. The molecule has 0 aromatic heterocycles. The van der Waals surface area contributed by atoms with Gasteiger partial charge in [0.15, 0.2) is 11.0 Å². The highest BCUT2D eigenvalue weighted by molar-refractivity contribution is 7.83. The Morgan fingerprint density at radius 1 is 1.00 bits per heavy atom. The monoisotopic (exact) mass is 279 g/mol. The van der Waals surface area contributed by atoms with Crippen LogP contribution in [0.3, 0.4) is 0 Å². The van der Waals surface area contributed by atoms with Gasteiger partial charge in [0, 0.05) is 20.0 Å². The highest BCUT2D eigenvalue weighted by Crippen LogP contribution is 2.38. The first-order chi connectivity index (χ1) is 7.27. The van der Waals surface area contributed by atoms with E-state index in [2.05, 4.69) is 0 Å². The summed E-state index contributed by atoms with van der Waals surface area (Å²) in [4.78, 5) is 0. The smallest absolute Gasteiger partial charge is 0.395 e. The van der Waals surface area contributed by atoms with Gasteiger partial charge in [0.05, 0.1) is 0 Å². The van der Waals surface area contributed by atoms with Crippen LogP contribution in [0, 0.1) is 0 Å². The van der Waals surface area contributed by atoms with E-state index in [9.17, 15) is 21.8 Å². The van der Waals surface area contributed by atoms with Crippen LogP contribution >= 0.6 is 0 Å². The van der Waals surface area contributed by atoms with E-state index < -0.39 is 22.2 Å². The Morgan fingerprint density at radius 2 is 1.41 bits per heavy atom. The van der Waals surface area contributed by atoms with Crippen LogP contribution < -0.4 is 0 Å². The van der Waals surface area contributed by atoms with E-state index in [-0.39, 0.29) is 25.5 Å². The molecule has 0 bridgehead atoms. The summed E-state index contributed by atoms with van der Waals surface area (Å²) in [7, 11) is -2.95. The van der Waals surface area contributed by atoms with Crippen molar-refractivity contribution < 1.29 is 27.2 Å². The lowest BCUT2D eigenvalue weighted by Gasteiger charge is -2.28. The zero-order valence-electron chi connectivity index (χ0n) is 9.52. The van der Waals surface area contributed by atoms with Gasteiger partial charge in [-0.1, -0.05) is 12.8 Å². The Bertz CT molecular complexity index is 262. The lowest BCUT2D eigenvalue weighted by Crippen LogP contribution is -2.48. The summed E-state index contributed by atoms with van der Waals surface area (Å²) in [6, 6.07) is 0. The van der Waals surface area contributed by atoms with Gasteiger partial charge in [0.1, 0.15) is 0 Å². The molecule has 1 atom stereocenters. The van der Waals surface area contributed by atoms with E-state index in [0.29, 0.717) is 12.8 Å². The van der Waals surface area contributed by atoms with Crippen molar-refractivity contribution in [1.82, 2.24) is 4.31 Å². The summed E-state index contributed by atoms with van der Waals surface area (Å²) < 4.78 is 64.0. The Labute approximate surface area is 100 Å². The summed E-state index contributed by atoms with van der Waals surface area (Å²) >= 11 is 0. The normalized spacial score (nSPS) is 21.5. The van der Waals surface area contributed by atoms with Gasteiger partial charge in [-0.2, -0.15) is 17.6 Å². The molecule has 1 fully saturated rings. The number of rotatable bonds is 3. The third-order valence-corrected chi connectivity index (χ3v) is 4.16. The maximum absolute atomic E-state index is 13.1. The summed E-state index contributed by atoms with van der Waals surface area (Å²) in [5.74, 6) is -4.26. The Balaban J connectivity index is 0.00000256. The van der Waals surface area contributed by atoms with Gasteiger partial charge < -0.3 is 5.48 Å². The topological polar surface area (TPSA) is 51.8 Å². The van der Waals surface area contributed by atoms with Crippen LogP contribution in [0.2, 0.25) is 0 Å². The molecular formula is C9H17F4NO2S. The highest BCUT2D eigenvalue weighted by Gasteiger charge is 2.59. The van der Waals surface area contributed by atoms with Crippen LogP contribution in [0.5, 0.6) is 0 Å². The molecule has 1 unspecified atom stereocenters. The molecule has 0 amide bonds. The number of hydrogen-bond donors (Lipinski definition) is 0. The van der Waals surface area contributed by atoms with Crippen molar-refractivity contribution in [2.24, 2.45) is 0 Å². The Kier molecular flexibility index (Phi) is 6.03. The molecule has 1 aliphatic heterocycles. The minimum Gasteiger partial charge on any atom is -0.412 e. The number of halogens is 4. The fraction of sp³-hybridized carbons (Fsp3) is 1.00.